The van der Waals surface area contributed by atoms with Crippen molar-refractivity contribution < 1.29 is 0 Å². The van der Waals surface area contributed by atoms with Gasteiger partial charge in [-0.25, -0.2) is 0 Å². The number of nitrogens with two attached hydrogens (primary N) is 1. The topological polar surface area (TPSA) is 53.1 Å². The van der Waals surface area contributed by atoms with Crippen molar-refractivity contribution >= 4 is 5.84 Å². The fourth-order valence-electron chi connectivity index (χ4n) is 2.23. The zero-order valence-corrected chi connectivity index (χ0v) is 11.0. The minimum Gasteiger partial charge on any atom is -0.384 e. The van der Waals surface area contributed by atoms with Crippen molar-refractivity contribution in [2.45, 2.75) is 39.3 Å². The predicted octanol–water partition coefficient (Wildman–Crippen LogP) is 2.59. The Morgan fingerprint density at radius 3 is 2.41 bits per heavy atom. The maximum absolute atomic E-state index is 7.58. The van der Waals surface area contributed by atoms with Crippen molar-refractivity contribution in [2.24, 2.45) is 5.73 Å². The molecule has 0 radical (unpaired) electrons. The molecule has 0 heterocycles. The van der Waals surface area contributed by atoms with E-state index in [9.17, 15) is 0 Å². The largest absolute Gasteiger partial charge is 0.384 e. The quantitative estimate of drug-likeness (QED) is 0.586. The molecule has 0 aliphatic heterocycles. The van der Waals surface area contributed by atoms with Gasteiger partial charge in [-0.1, -0.05) is 38.1 Å². The summed E-state index contributed by atoms with van der Waals surface area (Å²) in [6, 6.07) is 8.49. The van der Waals surface area contributed by atoms with Gasteiger partial charge in [-0.3, -0.25) is 10.3 Å². The highest BCUT2D eigenvalue weighted by atomic mass is 15.1. The molecule has 3 N–H and O–H groups in total. The molecule has 1 rings (SSSR count). The van der Waals surface area contributed by atoms with E-state index in [4.69, 9.17) is 11.1 Å². The van der Waals surface area contributed by atoms with Crippen LogP contribution in [0.25, 0.3) is 0 Å². The van der Waals surface area contributed by atoms with Gasteiger partial charge in [-0.15, -0.1) is 0 Å². The zero-order chi connectivity index (χ0) is 12.8. The Hall–Kier alpha value is -1.35. The van der Waals surface area contributed by atoms with Crippen LogP contribution in [0, 0.1) is 5.41 Å². The first-order valence-electron chi connectivity index (χ1n) is 6.22. The van der Waals surface area contributed by atoms with Gasteiger partial charge in [-0.05, 0) is 25.5 Å². The second kappa shape index (κ2) is 6.40. The molecule has 0 spiro atoms. The highest BCUT2D eigenvalue weighted by Crippen LogP contribution is 2.14. The van der Waals surface area contributed by atoms with E-state index in [0.717, 1.165) is 30.5 Å². The molecular formula is C14H23N3. The summed E-state index contributed by atoms with van der Waals surface area (Å²) in [5.41, 5.74) is 7.58. The van der Waals surface area contributed by atoms with Gasteiger partial charge in [-0.2, -0.15) is 0 Å². The minimum absolute atomic E-state index is 0.151. The van der Waals surface area contributed by atoms with Gasteiger partial charge >= 0.3 is 0 Å². The maximum atomic E-state index is 7.58. The summed E-state index contributed by atoms with van der Waals surface area (Å²) >= 11 is 0. The van der Waals surface area contributed by atoms with Crippen molar-refractivity contribution in [2.75, 3.05) is 7.05 Å². The maximum Gasteiger partial charge on any atom is 0.123 e. The fourth-order valence-corrected chi connectivity index (χ4v) is 2.23. The van der Waals surface area contributed by atoms with Crippen molar-refractivity contribution in [3.63, 3.8) is 0 Å². The SMILES string of the molecule is CCC(CC)N(C)Cc1ccccc1C(=N)N. The van der Waals surface area contributed by atoms with Crippen molar-refractivity contribution in [3.8, 4) is 0 Å². The summed E-state index contributed by atoms with van der Waals surface area (Å²) in [5.74, 6) is 0.151. The summed E-state index contributed by atoms with van der Waals surface area (Å²) in [6.45, 7) is 5.27. The summed E-state index contributed by atoms with van der Waals surface area (Å²) in [4.78, 5) is 2.34. The van der Waals surface area contributed by atoms with Crippen LogP contribution in [0.4, 0.5) is 0 Å². The standard InChI is InChI=1S/C14H23N3/c1-4-12(5-2)17(3)10-11-8-6-7-9-13(11)14(15)16/h6-9,12H,4-5,10H2,1-3H3,(H3,15,16). The van der Waals surface area contributed by atoms with Gasteiger partial charge in [0.25, 0.3) is 0 Å². The highest BCUT2D eigenvalue weighted by molar-refractivity contribution is 5.96. The van der Waals surface area contributed by atoms with E-state index >= 15 is 0 Å². The van der Waals surface area contributed by atoms with Crippen molar-refractivity contribution in [1.29, 1.82) is 5.41 Å². The lowest BCUT2D eigenvalue weighted by Gasteiger charge is -2.26. The first-order valence-corrected chi connectivity index (χ1v) is 6.22. The van der Waals surface area contributed by atoms with E-state index in [0.29, 0.717) is 6.04 Å². The highest BCUT2D eigenvalue weighted by Gasteiger charge is 2.13. The van der Waals surface area contributed by atoms with Gasteiger partial charge in [0.1, 0.15) is 5.84 Å². The molecule has 0 unspecified atom stereocenters. The summed E-state index contributed by atoms with van der Waals surface area (Å²) < 4.78 is 0. The van der Waals surface area contributed by atoms with Gasteiger partial charge in [0, 0.05) is 18.2 Å². The third-order valence-corrected chi connectivity index (χ3v) is 3.29. The van der Waals surface area contributed by atoms with Gasteiger partial charge in [0.15, 0.2) is 0 Å². The van der Waals surface area contributed by atoms with Crippen molar-refractivity contribution in [3.05, 3.63) is 35.4 Å². The number of amidine groups is 1. The molecule has 0 aromatic heterocycles. The Labute approximate surface area is 104 Å². The Balaban J connectivity index is 2.84. The molecule has 17 heavy (non-hydrogen) atoms. The van der Waals surface area contributed by atoms with Gasteiger partial charge in [0.05, 0.1) is 0 Å². The Morgan fingerprint density at radius 2 is 1.88 bits per heavy atom. The number of hydrogen-bond acceptors (Lipinski definition) is 2. The Morgan fingerprint density at radius 1 is 1.29 bits per heavy atom. The summed E-state index contributed by atoms with van der Waals surface area (Å²) in [6.07, 6.45) is 2.30. The van der Waals surface area contributed by atoms with E-state index in [-0.39, 0.29) is 5.84 Å². The lowest BCUT2D eigenvalue weighted by Crippen LogP contribution is -2.31. The van der Waals surface area contributed by atoms with Gasteiger partial charge < -0.3 is 5.73 Å². The second-order valence-electron chi connectivity index (χ2n) is 4.46. The summed E-state index contributed by atoms with van der Waals surface area (Å²) in [7, 11) is 2.13. The van der Waals surface area contributed by atoms with Crippen LogP contribution in [0.5, 0.6) is 0 Å². The molecule has 0 amide bonds. The Kier molecular flexibility index (Phi) is 5.16. The predicted molar refractivity (Wildman–Crippen MR) is 73.3 cm³/mol. The number of nitrogen functional groups attached to an aromatic ring is 1. The monoisotopic (exact) mass is 233 g/mol. The lowest BCUT2D eigenvalue weighted by molar-refractivity contribution is 0.221. The van der Waals surface area contributed by atoms with Crippen LogP contribution in [0.2, 0.25) is 0 Å². The van der Waals surface area contributed by atoms with Crippen LogP contribution in [0.15, 0.2) is 24.3 Å². The van der Waals surface area contributed by atoms with Crippen LogP contribution in [-0.4, -0.2) is 23.8 Å². The Bertz CT molecular complexity index is 369. The lowest BCUT2D eigenvalue weighted by atomic mass is 10.0. The van der Waals surface area contributed by atoms with Crippen molar-refractivity contribution in [1.82, 2.24) is 4.90 Å². The van der Waals surface area contributed by atoms with Crippen LogP contribution < -0.4 is 5.73 Å². The average Bonchev–Trinajstić information content (AvgIpc) is 2.31. The third kappa shape index (κ3) is 3.56. The van der Waals surface area contributed by atoms with E-state index in [2.05, 4.69) is 31.9 Å². The zero-order valence-electron chi connectivity index (χ0n) is 11.0. The van der Waals surface area contributed by atoms with Gasteiger partial charge in [0.2, 0.25) is 0 Å². The van der Waals surface area contributed by atoms with Crippen LogP contribution in [0.1, 0.15) is 37.8 Å². The molecule has 0 saturated carbocycles. The first-order chi connectivity index (χ1) is 8.10. The molecule has 3 heteroatoms. The molecule has 1 aromatic rings. The molecule has 0 fully saturated rings. The molecule has 94 valence electrons. The number of nitrogens with zero attached hydrogens (tertiary/aromatic N) is 1. The number of rotatable bonds is 6. The number of nitrogens with one attached hydrogen (secondary N) is 1. The molecule has 1 aromatic carbocycles. The normalized spacial score (nSPS) is 11.1. The first kappa shape index (κ1) is 13.7. The molecule has 3 nitrogen and oxygen atoms in total. The van der Waals surface area contributed by atoms with E-state index in [1.165, 1.54) is 0 Å². The molecular weight excluding hydrogens is 210 g/mol. The fraction of sp³-hybridized carbons (Fsp3) is 0.500. The van der Waals surface area contributed by atoms with E-state index < -0.39 is 0 Å². The molecule has 0 saturated heterocycles. The number of benzene rings is 1. The van der Waals surface area contributed by atoms with E-state index in [1.54, 1.807) is 0 Å². The van der Waals surface area contributed by atoms with Crippen LogP contribution in [-0.2, 0) is 6.54 Å². The third-order valence-electron chi connectivity index (χ3n) is 3.29. The molecule has 0 atom stereocenters. The number of hydrogen-bond donors (Lipinski definition) is 2. The van der Waals surface area contributed by atoms with E-state index in [1.807, 2.05) is 18.2 Å². The summed E-state index contributed by atoms with van der Waals surface area (Å²) in [5, 5.41) is 7.58. The van der Waals surface area contributed by atoms with Crippen LogP contribution >= 0.6 is 0 Å². The minimum atomic E-state index is 0.151. The molecule has 0 aliphatic rings. The second-order valence-corrected chi connectivity index (χ2v) is 4.46. The molecule has 0 aliphatic carbocycles. The average molecular weight is 233 g/mol. The van der Waals surface area contributed by atoms with Crippen LogP contribution in [0.3, 0.4) is 0 Å². The smallest absolute Gasteiger partial charge is 0.123 e. The molecule has 0 bridgehead atoms.